The van der Waals surface area contributed by atoms with Gasteiger partial charge in [-0.1, -0.05) is 12.1 Å². The van der Waals surface area contributed by atoms with E-state index in [9.17, 15) is 0 Å². The van der Waals surface area contributed by atoms with Crippen LogP contribution in [0.25, 0.3) is 0 Å². The minimum absolute atomic E-state index is 0.575. The van der Waals surface area contributed by atoms with E-state index in [1.165, 1.54) is 0 Å². The van der Waals surface area contributed by atoms with E-state index >= 15 is 0 Å². The Kier molecular flexibility index (Phi) is 3.77. The van der Waals surface area contributed by atoms with Crippen molar-refractivity contribution < 1.29 is 4.74 Å². The number of aromatic nitrogens is 1. The van der Waals surface area contributed by atoms with Crippen molar-refractivity contribution in [1.29, 1.82) is 5.26 Å². The SMILES string of the molecule is COc1ncccc1NCc1ccc(C#N)cc1. The molecule has 2 aromatic rings. The summed E-state index contributed by atoms with van der Waals surface area (Å²) < 4.78 is 5.15. The highest BCUT2D eigenvalue weighted by atomic mass is 16.5. The number of rotatable bonds is 4. The zero-order valence-corrected chi connectivity index (χ0v) is 10.1. The van der Waals surface area contributed by atoms with Crippen LogP contribution in [-0.2, 0) is 6.54 Å². The monoisotopic (exact) mass is 239 g/mol. The van der Waals surface area contributed by atoms with E-state index in [0.717, 1.165) is 11.3 Å². The Morgan fingerprint density at radius 3 is 2.72 bits per heavy atom. The molecule has 90 valence electrons. The third-order valence-corrected chi connectivity index (χ3v) is 2.53. The lowest BCUT2D eigenvalue weighted by molar-refractivity contribution is 0.399. The molecule has 0 aliphatic rings. The number of ether oxygens (including phenoxy) is 1. The molecule has 4 nitrogen and oxygen atoms in total. The first kappa shape index (κ1) is 11.9. The summed E-state index contributed by atoms with van der Waals surface area (Å²) in [6.45, 7) is 0.660. The number of nitrogens with one attached hydrogen (secondary N) is 1. The molecule has 0 bridgehead atoms. The van der Waals surface area contributed by atoms with Crippen molar-refractivity contribution in [2.24, 2.45) is 0 Å². The number of benzene rings is 1. The van der Waals surface area contributed by atoms with Crippen LogP contribution in [0, 0.1) is 11.3 Å². The van der Waals surface area contributed by atoms with Crippen molar-refractivity contribution >= 4 is 5.69 Å². The smallest absolute Gasteiger partial charge is 0.237 e. The molecule has 1 aromatic heterocycles. The van der Waals surface area contributed by atoms with Crippen molar-refractivity contribution in [2.75, 3.05) is 12.4 Å². The molecule has 2 rings (SSSR count). The number of anilines is 1. The first-order chi connectivity index (χ1) is 8.83. The molecule has 0 radical (unpaired) electrons. The fraction of sp³-hybridized carbons (Fsp3) is 0.143. The molecule has 0 aliphatic carbocycles. The quantitative estimate of drug-likeness (QED) is 0.890. The highest BCUT2D eigenvalue weighted by molar-refractivity contribution is 5.52. The Balaban J connectivity index is 2.04. The first-order valence-electron chi connectivity index (χ1n) is 5.55. The van der Waals surface area contributed by atoms with E-state index < -0.39 is 0 Å². The molecule has 0 saturated heterocycles. The number of hydrogen-bond donors (Lipinski definition) is 1. The summed E-state index contributed by atoms with van der Waals surface area (Å²) in [7, 11) is 1.59. The largest absolute Gasteiger partial charge is 0.480 e. The minimum atomic E-state index is 0.575. The van der Waals surface area contributed by atoms with Crippen LogP contribution in [-0.4, -0.2) is 12.1 Å². The molecule has 1 aromatic carbocycles. The van der Waals surface area contributed by atoms with Gasteiger partial charge in [0.05, 0.1) is 24.4 Å². The summed E-state index contributed by atoms with van der Waals surface area (Å²) >= 11 is 0. The van der Waals surface area contributed by atoms with E-state index in [4.69, 9.17) is 10.00 Å². The summed E-state index contributed by atoms with van der Waals surface area (Å²) in [5.74, 6) is 0.575. The fourth-order valence-corrected chi connectivity index (χ4v) is 1.58. The van der Waals surface area contributed by atoms with Crippen molar-refractivity contribution in [2.45, 2.75) is 6.54 Å². The number of methoxy groups -OCH3 is 1. The molecule has 4 heteroatoms. The van der Waals surface area contributed by atoms with Crippen LogP contribution in [0.5, 0.6) is 5.88 Å². The maximum Gasteiger partial charge on any atom is 0.237 e. The van der Waals surface area contributed by atoms with Gasteiger partial charge in [0, 0.05) is 12.7 Å². The number of hydrogen-bond acceptors (Lipinski definition) is 4. The third kappa shape index (κ3) is 2.77. The third-order valence-electron chi connectivity index (χ3n) is 2.53. The van der Waals surface area contributed by atoms with Crippen LogP contribution < -0.4 is 10.1 Å². The molecule has 18 heavy (non-hydrogen) atoms. The Labute approximate surface area is 106 Å². The van der Waals surface area contributed by atoms with Gasteiger partial charge in [-0.3, -0.25) is 0 Å². The molecule has 0 atom stereocenters. The average Bonchev–Trinajstić information content (AvgIpc) is 2.46. The van der Waals surface area contributed by atoms with Gasteiger partial charge in [-0.15, -0.1) is 0 Å². The number of nitriles is 1. The summed E-state index contributed by atoms with van der Waals surface area (Å²) in [5, 5.41) is 12.0. The minimum Gasteiger partial charge on any atom is -0.480 e. The van der Waals surface area contributed by atoms with Gasteiger partial charge >= 0.3 is 0 Å². The standard InChI is InChI=1S/C14H13N3O/c1-18-14-13(3-2-8-16-14)17-10-12-6-4-11(9-15)5-7-12/h2-8,17H,10H2,1H3. The predicted octanol–water partition coefficient (Wildman–Crippen LogP) is 2.57. The molecule has 0 aliphatic heterocycles. The zero-order valence-electron chi connectivity index (χ0n) is 10.1. The van der Waals surface area contributed by atoms with Crippen LogP contribution >= 0.6 is 0 Å². The van der Waals surface area contributed by atoms with E-state index in [1.54, 1.807) is 25.4 Å². The summed E-state index contributed by atoms with van der Waals surface area (Å²) in [6, 6.07) is 13.3. The van der Waals surface area contributed by atoms with Crippen LogP contribution in [0.4, 0.5) is 5.69 Å². The lowest BCUT2D eigenvalue weighted by Crippen LogP contribution is -2.02. The van der Waals surface area contributed by atoms with Crippen LogP contribution in [0.1, 0.15) is 11.1 Å². The zero-order chi connectivity index (χ0) is 12.8. The Morgan fingerprint density at radius 2 is 2.06 bits per heavy atom. The topological polar surface area (TPSA) is 57.9 Å². The Bertz CT molecular complexity index is 558. The van der Waals surface area contributed by atoms with Crippen molar-refractivity contribution in [3.05, 3.63) is 53.7 Å². The first-order valence-corrected chi connectivity index (χ1v) is 5.55. The lowest BCUT2D eigenvalue weighted by Gasteiger charge is -2.09. The normalized spacial score (nSPS) is 9.56. The molecule has 0 fully saturated rings. The molecule has 0 spiro atoms. The molecule has 0 unspecified atom stereocenters. The number of pyridine rings is 1. The fourth-order valence-electron chi connectivity index (χ4n) is 1.58. The summed E-state index contributed by atoms with van der Waals surface area (Å²) in [4.78, 5) is 4.11. The van der Waals surface area contributed by atoms with Gasteiger partial charge in [0.2, 0.25) is 5.88 Å². The second kappa shape index (κ2) is 5.69. The van der Waals surface area contributed by atoms with Gasteiger partial charge in [-0.05, 0) is 29.8 Å². The summed E-state index contributed by atoms with van der Waals surface area (Å²) in [6.07, 6.45) is 1.69. The molecular weight excluding hydrogens is 226 g/mol. The van der Waals surface area contributed by atoms with Crippen LogP contribution in [0.15, 0.2) is 42.6 Å². The van der Waals surface area contributed by atoms with Gasteiger partial charge in [0.1, 0.15) is 0 Å². The summed E-state index contributed by atoms with van der Waals surface area (Å²) in [5.41, 5.74) is 2.61. The van der Waals surface area contributed by atoms with Crippen molar-refractivity contribution in [1.82, 2.24) is 4.98 Å². The molecule has 0 saturated carbocycles. The van der Waals surface area contributed by atoms with Gasteiger partial charge in [-0.2, -0.15) is 5.26 Å². The van der Waals surface area contributed by atoms with E-state index in [-0.39, 0.29) is 0 Å². The maximum absolute atomic E-state index is 8.71. The second-order valence-electron chi connectivity index (χ2n) is 3.72. The Morgan fingerprint density at radius 1 is 1.28 bits per heavy atom. The van der Waals surface area contributed by atoms with Crippen LogP contribution in [0.2, 0.25) is 0 Å². The van der Waals surface area contributed by atoms with E-state index in [1.807, 2.05) is 24.3 Å². The van der Waals surface area contributed by atoms with Crippen molar-refractivity contribution in [3.8, 4) is 11.9 Å². The van der Waals surface area contributed by atoms with E-state index in [0.29, 0.717) is 18.0 Å². The number of nitrogens with zero attached hydrogens (tertiary/aromatic N) is 2. The highest BCUT2D eigenvalue weighted by Crippen LogP contribution is 2.20. The molecule has 0 amide bonds. The molecule has 1 heterocycles. The van der Waals surface area contributed by atoms with Gasteiger partial charge in [-0.25, -0.2) is 4.98 Å². The van der Waals surface area contributed by atoms with Gasteiger partial charge < -0.3 is 10.1 Å². The van der Waals surface area contributed by atoms with E-state index in [2.05, 4.69) is 16.4 Å². The molecular formula is C14H13N3O. The Hall–Kier alpha value is -2.54. The molecule has 1 N–H and O–H groups in total. The van der Waals surface area contributed by atoms with Crippen LogP contribution in [0.3, 0.4) is 0 Å². The predicted molar refractivity (Wildman–Crippen MR) is 69.3 cm³/mol. The second-order valence-corrected chi connectivity index (χ2v) is 3.72. The average molecular weight is 239 g/mol. The van der Waals surface area contributed by atoms with Crippen molar-refractivity contribution in [3.63, 3.8) is 0 Å². The lowest BCUT2D eigenvalue weighted by atomic mass is 10.1. The maximum atomic E-state index is 8.71. The van der Waals surface area contributed by atoms with Gasteiger partial charge in [0.25, 0.3) is 0 Å². The highest BCUT2D eigenvalue weighted by Gasteiger charge is 2.02. The van der Waals surface area contributed by atoms with Gasteiger partial charge in [0.15, 0.2) is 0 Å².